The summed E-state index contributed by atoms with van der Waals surface area (Å²) in [5, 5.41) is 3.50. The van der Waals surface area contributed by atoms with Crippen LogP contribution in [-0.4, -0.2) is 15.0 Å². The van der Waals surface area contributed by atoms with E-state index >= 15 is 0 Å². The monoisotopic (exact) mass is 789 g/mol. The molecule has 3 heteroatoms. The molecule has 0 aliphatic rings. The molecule has 0 amide bonds. The zero-order valence-electron chi connectivity index (χ0n) is 33.9. The maximum absolute atomic E-state index is 5.21. The highest BCUT2D eigenvalue weighted by Gasteiger charge is 2.16. The molecular formula is C59H39N3. The van der Waals surface area contributed by atoms with Gasteiger partial charge in [0.1, 0.15) is 0 Å². The minimum absolute atomic E-state index is 0.681. The quantitative estimate of drug-likeness (QED) is 0.144. The maximum Gasteiger partial charge on any atom is 0.160 e. The van der Waals surface area contributed by atoms with E-state index in [0.29, 0.717) is 5.82 Å². The summed E-state index contributed by atoms with van der Waals surface area (Å²) in [7, 11) is 0. The van der Waals surface area contributed by atoms with Gasteiger partial charge in [-0.05, 0) is 73.5 Å². The molecular weight excluding hydrogens is 751 g/mol. The summed E-state index contributed by atoms with van der Waals surface area (Å²) in [6.45, 7) is 0. The third-order valence-corrected chi connectivity index (χ3v) is 11.7. The molecule has 11 aromatic rings. The summed E-state index contributed by atoms with van der Waals surface area (Å²) >= 11 is 0. The van der Waals surface area contributed by atoms with Crippen LogP contribution >= 0.6 is 0 Å². The predicted octanol–water partition coefficient (Wildman–Crippen LogP) is 15.5. The normalized spacial score (nSPS) is 11.2. The molecule has 0 bridgehead atoms. The number of pyridine rings is 1. The van der Waals surface area contributed by atoms with Crippen molar-refractivity contribution >= 4 is 21.7 Å². The zero-order valence-corrected chi connectivity index (χ0v) is 33.9. The van der Waals surface area contributed by atoms with Crippen LogP contribution in [0.3, 0.4) is 0 Å². The number of hydrogen-bond acceptors (Lipinski definition) is 3. The highest BCUT2D eigenvalue weighted by atomic mass is 14.9. The van der Waals surface area contributed by atoms with Crippen molar-refractivity contribution < 1.29 is 0 Å². The van der Waals surface area contributed by atoms with E-state index in [0.717, 1.165) is 61.4 Å². The van der Waals surface area contributed by atoms with Crippen molar-refractivity contribution in [2.45, 2.75) is 0 Å². The Bertz CT molecular complexity index is 3230. The van der Waals surface area contributed by atoms with E-state index in [2.05, 4.69) is 218 Å². The molecule has 11 rings (SSSR count). The van der Waals surface area contributed by atoms with Crippen LogP contribution in [0, 0.1) is 0 Å². The second-order valence-electron chi connectivity index (χ2n) is 15.6. The van der Waals surface area contributed by atoms with E-state index in [1.165, 1.54) is 44.2 Å². The van der Waals surface area contributed by atoms with Gasteiger partial charge in [0.2, 0.25) is 0 Å². The van der Waals surface area contributed by atoms with E-state index in [1.54, 1.807) is 0 Å². The molecule has 9 aromatic carbocycles. The maximum atomic E-state index is 5.21. The number of nitrogens with zero attached hydrogens (tertiary/aromatic N) is 3. The molecule has 0 aliphatic carbocycles. The molecule has 0 fully saturated rings. The van der Waals surface area contributed by atoms with Crippen LogP contribution in [0.25, 0.3) is 111 Å². The number of aromatic nitrogens is 3. The fourth-order valence-corrected chi connectivity index (χ4v) is 8.55. The lowest BCUT2D eigenvalue weighted by molar-refractivity contribution is 1.18. The van der Waals surface area contributed by atoms with Crippen molar-refractivity contribution in [1.29, 1.82) is 0 Å². The average molecular weight is 790 g/mol. The van der Waals surface area contributed by atoms with Crippen molar-refractivity contribution in [1.82, 2.24) is 15.0 Å². The van der Waals surface area contributed by atoms with Crippen LogP contribution in [0.5, 0.6) is 0 Å². The smallest absolute Gasteiger partial charge is 0.160 e. The molecule has 0 unspecified atom stereocenters. The van der Waals surface area contributed by atoms with E-state index < -0.39 is 0 Å². The van der Waals surface area contributed by atoms with Gasteiger partial charge in [0.25, 0.3) is 0 Å². The van der Waals surface area contributed by atoms with E-state index in [4.69, 9.17) is 15.0 Å². The molecule has 290 valence electrons. The minimum Gasteiger partial charge on any atom is -0.248 e. The van der Waals surface area contributed by atoms with Gasteiger partial charge in [0, 0.05) is 27.6 Å². The highest BCUT2D eigenvalue weighted by molar-refractivity contribution is 6.17. The summed E-state index contributed by atoms with van der Waals surface area (Å²) in [5.41, 5.74) is 17.1. The Morgan fingerprint density at radius 2 is 0.629 bits per heavy atom. The summed E-state index contributed by atoms with van der Waals surface area (Å²) < 4.78 is 0. The highest BCUT2D eigenvalue weighted by Crippen LogP contribution is 2.40. The molecule has 2 heterocycles. The van der Waals surface area contributed by atoms with Gasteiger partial charge in [0.05, 0.1) is 22.6 Å². The molecule has 0 atom stereocenters. The van der Waals surface area contributed by atoms with Crippen molar-refractivity contribution in [3.05, 3.63) is 237 Å². The third-order valence-electron chi connectivity index (χ3n) is 11.7. The standard InChI is InChI=1S/C59H39N3/c1-5-14-40(15-6-1)42-24-30-47(31-25-42)56-39-57(48-32-26-43(27-33-48)41-16-7-2-8-17-41)62-59(61-56)49-34-28-45(29-35-49)50-22-13-23-52-51(50)36-37-54-58(52)53(44-18-9-3-10-19-44)38-55(60-54)46-20-11-4-12-21-46/h1-39H. The van der Waals surface area contributed by atoms with Crippen LogP contribution in [0.1, 0.15) is 0 Å². The fourth-order valence-electron chi connectivity index (χ4n) is 8.55. The summed E-state index contributed by atoms with van der Waals surface area (Å²) in [6, 6.07) is 83.4. The second-order valence-corrected chi connectivity index (χ2v) is 15.6. The Morgan fingerprint density at radius 3 is 1.18 bits per heavy atom. The number of benzene rings is 9. The van der Waals surface area contributed by atoms with Gasteiger partial charge in [-0.3, -0.25) is 0 Å². The van der Waals surface area contributed by atoms with Gasteiger partial charge in [0.15, 0.2) is 5.82 Å². The van der Waals surface area contributed by atoms with Crippen LogP contribution in [-0.2, 0) is 0 Å². The summed E-state index contributed by atoms with van der Waals surface area (Å²) in [5.74, 6) is 0.681. The van der Waals surface area contributed by atoms with Gasteiger partial charge < -0.3 is 0 Å². The van der Waals surface area contributed by atoms with Gasteiger partial charge >= 0.3 is 0 Å². The molecule has 0 saturated carbocycles. The number of rotatable bonds is 8. The first-order valence-electron chi connectivity index (χ1n) is 21.0. The largest absolute Gasteiger partial charge is 0.248 e. The van der Waals surface area contributed by atoms with Gasteiger partial charge in [-0.1, -0.05) is 218 Å². The van der Waals surface area contributed by atoms with Gasteiger partial charge in [-0.2, -0.15) is 0 Å². The minimum atomic E-state index is 0.681. The molecule has 0 spiro atoms. The molecule has 2 aromatic heterocycles. The SMILES string of the molecule is c1ccc(-c2ccc(-c3cc(-c4ccc(-c5ccccc5)cc4)nc(-c4ccc(-c5cccc6c5ccc5nc(-c7ccccc7)cc(-c7ccccc7)c56)cc4)n3)cc2)cc1. The van der Waals surface area contributed by atoms with E-state index in [9.17, 15) is 0 Å². The second kappa shape index (κ2) is 16.1. The third kappa shape index (κ3) is 7.12. The lowest BCUT2D eigenvalue weighted by Gasteiger charge is -2.15. The van der Waals surface area contributed by atoms with Crippen LogP contribution in [0.4, 0.5) is 0 Å². The van der Waals surface area contributed by atoms with Crippen molar-refractivity contribution in [2.75, 3.05) is 0 Å². The number of hydrogen-bond donors (Lipinski definition) is 0. The molecule has 0 aliphatic heterocycles. The summed E-state index contributed by atoms with van der Waals surface area (Å²) in [4.78, 5) is 15.6. The van der Waals surface area contributed by atoms with Gasteiger partial charge in [-0.25, -0.2) is 15.0 Å². The van der Waals surface area contributed by atoms with E-state index in [-0.39, 0.29) is 0 Å². The molecule has 0 radical (unpaired) electrons. The summed E-state index contributed by atoms with van der Waals surface area (Å²) in [6.07, 6.45) is 0. The van der Waals surface area contributed by atoms with Crippen molar-refractivity contribution in [3.8, 4) is 89.7 Å². The van der Waals surface area contributed by atoms with Crippen molar-refractivity contribution in [2.24, 2.45) is 0 Å². The van der Waals surface area contributed by atoms with E-state index in [1.807, 2.05) is 18.2 Å². The Balaban J connectivity index is 0.994. The lowest BCUT2D eigenvalue weighted by atomic mass is 9.91. The number of fused-ring (bicyclic) bond motifs is 3. The topological polar surface area (TPSA) is 38.7 Å². The molecule has 0 N–H and O–H groups in total. The first-order chi connectivity index (χ1) is 30.7. The lowest BCUT2D eigenvalue weighted by Crippen LogP contribution is -1.96. The van der Waals surface area contributed by atoms with Crippen molar-refractivity contribution in [3.63, 3.8) is 0 Å². The Kier molecular flexibility index (Phi) is 9.53. The first-order valence-corrected chi connectivity index (χ1v) is 21.0. The Hall–Kier alpha value is -8.27. The zero-order chi connectivity index (χ0) is 41.2. The molecule has 62 heavy (non-hydrogen) atoms. The molecule has 0 saturated heterocycles. The van der Waals surface area contributed by atoms with Gasteiger partial charge in [-0.15, -0.1) is 0 Å². The fraction of sp³-hybridized carbons (Fsp3) is 0. The van der Waals surface area contributed by atoms with Crippen LogP contribution in [0.15, 0.2) is 237 Å². The Labute approximate surface area is 361 Å². The predicted molar refractivity (Wildman–Crippen MR) is 258 cm³/mol. The Morgan fingerprint density at radius 1 is 0.226 bits per heavy atom. The first kappa shape index (κ1) is 36.8. The van der Waals surface area contributed by atoms with Crippen LogP contribution in [0.2, 0.25) is 0 Å². The van der Waals surface area contributed by atoms with Crippen LogP contribution < -0.4 is 0 Å². The average Bonchev–Trinajstić information content (AvgIpc) is 3.37. The molecule has 3 nitrogen and oxygen atoms in total.